The number of amides is 16. The van der Waals surface area contributed by atoms with Crippen LogP contribution < -0.4 is 98.6 Å². The summed E-state index contributed by atoms with van der Waals surface area (Å²) in [6.45, 7) is 8.46. The summed E-state index contributed by atoms with van der Waals surface area (Å²) >= 11 is 0. The van der Waals surface area contributed by atoms with Crippen molar-refractivity contribution in [3.8, 4) is 5.75 Å². The summed E-state index contributed by atoms with van der Waals surface area (Å²) in [6.07, 6.45) is -4.86. The van der Waals surface area contributed by atoms with Crippen LogP contribution in [-0.4, -0.2) is 260 Å². The van der Waals surface area contributed by atoms with Crippen molar-refractivity contribution in [3.63, 3.8) is 0 Å². The van der Waals surface area contributed by atoms with Crippen LogP contribution in [-0.2, 0) is 92.7 Å². The highest BCUT2D eigenvalue weighted by molar-refractivity contribution is 6.01. The number of carbonyl (C=O) groups excluding carboxylic acids is 16. The number of likely N-dealkylation sites (tertiary alicyclic amines) is 2. The van der Waals surface area contributed by atoms with E-state index in [0.29, 0.717) is 5.56 Å². The van der Waals surface area contributed by atoms with Gasteiger partial charge in [-0.05, 0) is 140 Å². The summed E-state index contributed by atoms with van der Waals surface area (Å²) in [4.78, 5) is 248. The Morgan fingerprint density at radius 2 is 0.956 bits per heavy atom. The van der Waals surface area contributed by atoms with E-state index in [1.807, 2.05) is 0 Å². The summed E-state index contributed by atoms with van der Waals surface area (Å²) in [5.74, 6) is -19.8. The predicted molar refractivity (Wildman–Crippen MR) is 401 cm³/mol. The van der Waals surface area contributed by atoms with Crippen molar-refractivity contribution in [1.29, 1.82) is 0 Å². The molecule has 43 heteroatoms. The minimum absolute atomic E-state index is 0.00322. The van der Waals surface area contributed by atoms with E-state index in [1.54, 1.807) is 27.7 Å². The van der Waals surface area contributed by atoms with Crippen LogP contribution in [0.1, 0.15) is 156 Å². The molecule has 2 heterocycles. The van der Waals surface area contributed by atoms with Gasteiger partial charge in [-0.15, -0.1) is 0 Å². The van der Waals surface area contributed by atoms with Crippen molar-refractivity contribution >= 4 is 112 Å². The van der Waals surface area contributed by atoms with E-state index in [4.69, 9.17) is 40.1 Å². The molecule has 2 fully saturated rings. The van der Waals surface area contributed by atoms with Crippen LogP contribution in [0.25, 0.3) is 0 Å². The van der Waals surface area contributed by atoms with Crippen LogP contribution in [0.3, 0.4) is 0 Å². The lowest BCUT2D eigenvalue weighted by atomic mass is 10.0. The van der Waals surface area contributed by atoms with Gasteiger partial charge < -0.3 is 129 Å². The largest absolute Gasteiger partial charge is 0.508 e. The summed E-state index contributed by atoms with van der Waals surface area (Å²) in [6, 6.07) is -14.2. The smallest absolute Gasteiger partial charge is 0.326 e. The molecule has 0 radical (unpaired) electrons. The van der Waals surface area contributed by atoms with Gasteiger partial charge in [0.2, 0.25) is 94.5 Å². The average Bonchev–Trinajstić information content (AvgIpc) is 1.71. The van der Waals surface area contributed by atoms with Crippen molar-refractivity contribution in [2.45, 2.75) is 242 Å². The number of phenols is 1. The van der Waals surface area contributed by atoms with Crippen molar-refractivity contribution in [2.24, 2.45) is 57.0 Å². The molecule has 0 saturated carbocycles. The molecular weight excluding hydrogens is 1490 g/mol. The molecule has 2 aliphatic heterocycles. The average molecular weight is 1600 g/mol. The number of hydrogen-bond donors (Lipinski definition) is 22. The van der Waals surface area contributed by atoms with Crippen LogP contribution in [0.5, 0.6) is 5.75 Å². The molecule has 1 aromatic carbocycles. The van der Waals surface area contributed by atoms with Crippen LogP contribution in [0, 0.1) is 11.8 Å². The van der Waals surface area contributed by atoms with E-state index in [0.717, 1.165) is 16.7 Å². The van der Waals surface area contributed by atoms with Gasteiger partial charge in [0, 0.05) is 32.5 Å². The molecule has 2 aliphatic rings. The highest BCUT2D eigenvalue weighted by Crippen LogP contribution is 2.24. The number of rotatable bonds is 50. The normalized spacial score (nSPS) is 17.0. The fourth-order valence-electron chi connectivity index (χ4n) is 12.3. The molecule has 14 atom stereocenters. The van der Waals surface area contributed by atoms with Gasteiger partial charge in [-0.1, -0.05) is 39.8 Å². The number of primary amides is 3. The number of benzene rings is 1. The summed E-state index contributed by atoms with van der Waals surface area (Å²) in [5, 5.41) is 66.3. The Labute approximate surface area is 652 Å². The second-order valence-electron chi connectivity index (χ2n) is 28.7. The lowest BCUT2D eigenvalue weighted by Gasteiger charge is -2.32. The third-order valence-corrected chi connectivity index (χ3v) is 18.1. The fourth-order valence-corrected chi connectivity index (χ4v) is 12.3. The Kier molecular flexibility index (Phi) is 40.5. The number of carbonyl (C=O) groups is 18. The number of aromatic hydroxyl groups is 1. The van der Waals surface area contributed by atoms with Gasteiger partial charge in [-0.25, -0.2) is 4.79 Å². The first-order chi connectivity index (χ1) is 53.0. The highest BCUT2D eigenvalue weighted by Gasteiger charge is 2.43. The molecule has 16 amide bonds. The molecule has 0 unspecified atom stereocenters. The molecule has 0 aromatic heterocycles. The molecule has 113 heavy (non-hydrogen) atoms. The Balaban J connectivity index is 1.81. The van der Waals surface area contributed by atoms with E-state index in [9.17, 15) is 107 Å². The maximum Gasteiger partial charge on any atom is 0.326 e. The molecular formula is C70H113N21O22. The number of phenolic OH excluding ortho intramolecular Hbond substituents is 1. The maximum atomic E-state index is 14.7. The van der Waals surface area contributed by atoms with Crippen molar-refractivity contribution in [2.75, 3.05) is 32.7 Å². The predicted octanol–water partition coefficient (Wildman–Crippen LogP) is -8.15. The van der Waals surface area contributed by atoms with E-state index in [2.05, 4.69) is 63.5 Å². The van der Waals surface area contributed by atoms with E-state index in [-0.39, 0.29) is 121 Å². The van der Waals surface area contributed by atoms with Crippen molar-refractivity contribution in [3.05, 3.63) is 29.8 Å². The quantitative estimate of drug-likeness (QED) is 0.0164. The second-order valence-corrected chi connectivity index (χ2v) is 28.7. The number of nitrogens with zero attached hydrogens (tertiary/aromatic N) is 3. The standard InChI is InChI=1S/C70H113N21O22/c1-34(2)28-45(63(106)83-43(21-23-52(74)95)62(105)82-42(20-22-51(73)94)60(103)80-36(5)57(100)84-44(69(112)113)13-9-25-78-70(76)77)85-61(104)41(12-7-8-24-71)81-64(107)47(32-55(98)99)86-66(109)50-15-11-27-91(50)68(111)48(29-35(3)4)88-65(108)49-14-10-26-90(49)54(97)33-79-59(102)46(31-53(75)96)87-67(110)56(37(6)92)89-58(101)40(72)30-38-16-18-39(93)19-17-38/h16-19,34-37,40-50,56,92-93H,7-15,20-33,71-72H2,1-6H3,(H2,73,94)(H2,74,95)(H2,75,96)(H,79,102)(H,80,103)(H,81,107)(H,82,105)(H,83,106)(H,84,100)(H,85,104)(H,86,109)(H,87,110)(H,88,108)(H,89,101)(H,98,99)(H,112,113)(H4,76,77,78)/t36-,37+,40-,41-,42-,43-,44-,45-,46-,47-,48-,49-,50-,56-/m0/s1. The zero-order valence-corrected chi connectivity index (χ0v) is 64.3. The first-order valence-electron chi connectivity index (χ1n) is 37.2. The highest BCUT2D eigenvalue weighted by atomic mass is 16.4. The lowest BCUT2D eigenvalue weighted by molar-refractivity contribution is -0.145. The van der Waals surface area contributed by atoms with E-state index in [1.165, 1.54) is 31.2 Å². The number of aliphatic imine (C=N–C) groups is 1. The van der Waals surface area contributed by atoms with E-state index >= 15 is 0 Å². The molecule has 0 spiro atoms. The van der Waals surface area contributed by atoms with Gasteiger partial charge in [0.05, 0.1) is 31.5 Å². The first-order valence-corrected chi connectivity index (χ1v) is 37.2. The number of hydrogen-bond acceptors (Lipinski definition) is 23. The van der Waals surface area contributed by atoms with Crippen LogP contribution in [0.15, 0.2) is 29.3 Å². The second kappa shape index (κ2) is 47.8. The molecule has 0 aliphatic carbocycles. The van der Waals surface area contributed by atoms with E-state index < -0.39 is 242 Å². The monoisotopic (exact) mass is 1600 g/mol. The number of nitrogens with one attached hydrogen (secondary N) is 11. The summed E-state index contributed by atoms with van der Waals surface area (Å²) < 4.78 is 0. The number of carboxylic acid groups (broad SMARTS) is 2. The van der Waals surface area contributed by atoms with Crippen molar-refractivity contribution < 1.29 is 107 Å². The molecule has 3 rings (SSSR count). The van der Waals surface area contributed by atoms with Gasteiger partial charge >= 0.3 is 11.9 Å². The Morgan fingerprint density at radius 3 is 1.46 bits per heavy atom. The molecule has 0 bridgehead atoms. The Bertz CT molecular complexity index is 3560. The molecule has 1 aromatic rings. The van der Waals surface area contributed by atoms with Crippen LogP contribution in [0.2, 0.25) is 0 Å². The van der Waals surface area contributed by atoms with Crippen LogP contribution in [0.4, 0.5) is 0 Å². The van der Waals surface area contributed by atoms with Gasteiger partial charge in [0.25, 0.3) is 0 Å². The topological polar surface area (TPSA) is 721 Å². The zero-order chi connectivity index (χ0) is 85.1. The van der Waals surface area contributed by atoms with Gasteiger partial charge in [-0.2, -0.15) is 0 Å². The number of guanidine groups is 1. The third kappa shape index (κ3) is 34.0. The van der Waals surface area contributed by atoms with Gasteiger partial charge in [-0.3, -0.25) is 86.5 Å². The van der Waals surface area contributed by atoms with Gasteiger partial charge in [0.15, 0.2) is 5.96 Å². The number of nitrogens with two attached hydrogens (primary N) is 7. The minimum atomic E-state index is -1.93. The molecule has 630 valence electrons. The lowest BCUT2D eigenvalue weighted by Crippen LogP contribution is -2.60. The number of carboxylic acids is 2. The number of aliphatic carboxylic acids is 2. The number of aliphatic hydroxyl groups excluding tert-OH is 1. The SMILES string of the molecule is CC(C)C[C@H](NC(=O)[C@H](CCCCN)NC(=O)[C@H](CC(=O)O)NC(=O)[C@@H]1CCCN1C(=O)[C@H](CC(C)C)NC(=O)[C@@H]1CCCN1C(=O)CNC(=O)[C@H](CC(N)=O)NC(=O)[C@@H](NC(=O)[C@@H](N)Cc1ccc(O)cc1)[C@@H](C)O)C(=O)N[C@@H](CCC(N)=O)C(=O)N[C@@H](CCC(N)=O)C(=O)N[C@@H](C)C(=O)N[C@@H](CCCN=C(N)N)C(=O)O. The molecule has 43 nitrogen and oxygen atoms in total. The van der Waals surface area contributed by atoms with Crippen LogP contribution >= 0.6 is 0 Å². The fraction of sp³-hybridized carbons (Fsp3) is 0.643. The molecule has 2 saturated heterocycles. The Hall–Kier alpha value is -11.4. The first kappa shape index (κ1) is 95.8. The maximum absolute atomic E-state index is 14.7. The minimum Gasteiger partial charge on any atom is -0.508 e. The zero-order valence-electron chi connectivity index (χ0n) is 64.3. The molecule has 29 N–H and O–H groups in total. The number of aliphatic hydroxyl groups is 1. The number of unbranched alkanes of at least 4 members (excludes halogenated alkanes) is 1. The summed E-state index contributed by atoms with van der Waals surface area (Å²) in [7, 11) is 0. The van der Waals surface area contributed by atoms with Crippen molar-refractivity contribution in [1.82, 2.24) is 68.3 Å². The third-order valence-electron chi connectivity index (χ3n) is 18.1. The summed E-state index contributed by atoms with van der Waals surface area (Å²) in [5.41, 5.74) is 39.2. The van der Waals surface area contributed by atoms with Gasteiger partial charge in [0.1, 0.15) is 78.3 Å². The Morgan fingerprint density at radius 1 is 0.496 bits per heavy atom.